The van der Waals surface area contributed by atoms with Crippen LogP contribution in [-0.4, -0.2) is 89.8 Å². The van der Waals surface area contributed by atoms with Crippen molar-refractivity contribution in [3.8, 4) is 12.3 Å². The van der Waals surface area contributed by atoms with E-state index in [0.29, 0.717) is 13.1 Å². The summed E-state index contributed by atoms with van der Waals surface area (Å²) in [5.74, 6) is 1.99. The fourth-order valence-electron chi connectivity index (χ4n) is 4.22. The van der Waals surface area contributed by atoms with E-state index in [2.05, 4.69) is 11.2 Å². The Bertz CT molecular complexity index is 869. The molecule has 0 spiro atoms. The van der Waals surface area contributed by atoms with Crippen LogP contribution in [0, 0.1) is 18.3 Å². The molecule has 0 radical (unpaired) electrons. The van der Waals surface area contributed by atoms with Crippen molar-refractivity contribution in [2.45, 2.75) is 32.6 Å². The van der Waals surface area contributed by atoms with Crippen molar-refractivity contribution in [3.63, 3.8) is 0 Å². The number of carbonyl (C=O) groups excluding carboxylic acids is 3. The third kappa shape index (κ3) is 5.03. The molecule has 0 bridgehead atoms. The van der Waals surface area contributed by atoms with E-state index in [0.717, 1.165) is 5.56 Å². The van der Waals surface area contributed by atoms with Gasteiger partial charge in [0.1, 0.15) is 18.8 Å². The summed E-state index contributed by atoms with van der Waals surface area (Å²) in [5, 5.41) is 6.09. The monoisotopic (exact) mass is 441 g/mol. The van der Waals surface area contributed by atoms with Crippen LogP contribution in [0.25, 0.3) is 0 Å². The Kier molecular flexibility index (Phi) is 7.72. The SMILES string of the molecule is C#CCOCCN1C[C@H]2N(C(=O)CN(C)N2C(=O)NCc2ccccc2)[C@@H](C(C)C)C1=O. The molecule has 32 heavy (non-hydrogen) atoms. The van der Waals surface area contributed by atoms with E-state index >= 15 is 0 Å². The van der Waals surface area contributed by atoms with Gasteiger partial charge in [-0.25, -0.2) is 14.8 Å². The van der Waals surface area contributed by atoms with Gasteiger partial charge in [0.2, 0.25) is 11.8 Å². The Labute approximate surface area is 189 Å². The second-order valence-corrected chi connectivity index (χ2v) is 8.32. The van der Waals surface area contributed by atoms with Crippen molar-refractivity contribution in [3.05, 3.63) is 35.9 Å². The van der Waals surface area contributed by atoms with Crippen LogP contribution in [0.2, 0.25) is 0 Å². The number of urea groups is 1. The van der Waals surface area contributed by atoms with Gasteiger partial charge in [-0.1, -0.05) is 50.1 Å². The second kappa shape index (κ2) is 10.5. The minimum Gasteiger partial charge on any atom is -0.367 e. The number of likely N-dealkylation sites (N-methyl/N-ethyl adjacent to an activating group) is 1. The van der Waals surface area contributed by atoms with Crippen molar-refractivity contribution in [2.24, 2.45) is 5.92 Å². The van der Waals surface area contributed by atoms with Crippen LogP contribution in [0.3, 0.4) is 0 Å². The summed E-state index contributed by atoms with van der Waals surface area (Å²) in [7, 11) is 1.71. The molecule has 0 unspecified atom stereocenters. The number of hydrogen-bond donors (Lipinski definition) is 1. The number of benzene rings is 1. The quantitative estimate of drug-likeness (QED) is 0.498. The molecule has 172 valence electrons. The van der Waals surface area contributed by atoms with E-state index < -0.39 is 12.2 Å². The van der Waals surface area contributed by atoms with E-state index in [1.165, 1.54) is 0 Å². The fourth-order valence-corrected chi connectivity index (χ4v) is 4.22. The molecule has 3 rings (SSSR count). The zero-order valence-corrected chi connectivity index (χ0v) is 18.9. The van der Waals surface area contributed by atoms with Crippen molar-refractivity contribution in [1.82, 2.24) is 25.1 Å². The maximum Gasteiger partial charge on any atom is 0.334 e. The third-order valence-electron chi connectivity index (χ3n) is 5.69. The zero-order valence-electron chi connectivity index (χ0n) is 18.9. The summed E-state index contributed by atoms with van der Waals surface area (Å²) in [6, 6.07) is 8.64. The molecule has 9 nitrogen and oxygen atoms in total. The number of terminal acetylenes is 1. The highest BCUT2D eigenvalue weighted by atomic mass is 16.5. The van der Waals surface area contributed by atoms with E-state index in [1.807, 2.05) is 44.2 Å². The molecule has 2 aliphatic heterocycles. The molecular weight excluding hydrogens is 410 g/mol. The highest BCUT2D eigenvalue weighted by Crippen LogP contribution is 2.29. The van der Waals surface area contributed by atoms with Crippen LogP contribution in [0.5, 0.6) is 0 Å². The summed E-state index contributed by atoms with van der Waals surface area (Å²) >= 11 is 0. The van der Waals surface area contributed by atoms with Crippen molar-refractivity contribution >= 4 is 17.8 Å². The highest BCUT2D eigenvalue weighted by Gasteiger charge is 2.51. The molecule has 1 N–H and O–H groups in total. The molecule has 2 heterocycles. The molecule has 2 aliphatic rings. The van der Waals surface area contributed by atoms with Gasteiger partial charge in [-0.15, -0.1) is 6.42 Å². The maximum absolute atomic E-state index is 13.2. The number of carbonyl (C=O) groups is 3. The lowest BCUT2D eigenvalue weighted by atomic mass is 9.96. The number of hydrogen-bond acceptors (Lipinski definition) is 5. The van der Waals surface area contributed by atoms with Gasteiger partial charge >= 0.3 is 6.03 Å². The van der Waals surface area contributed by atoms with Gasteiger partial charge in [-0.3, -0.25) is 9.59 Å². The first-order valence-corrected chi connectivity index (χ1v) is 10.8. The summed E-state index contributed by atoms with van der Waals surface area (Å²) in [6.45, 7) is 5.20. The largest absolute Gasteiger partial charge is 0.367 e. The van der Waals surface area contributed by atoms with E-state index in [-0.39, 0.29) is 50.1 Å². The van der Waals surface area contributed by atoms with Crippen LogP contribution in [0.1, 0.15) is 19.4 Å². The van der Waals surface area contributed by atoms with Crippen LogP contribution < -0.4 is 5.32 Å². The Morgan fingerprint density at radius 2 is 2.00 bits per heavy atom. The Morgan fingerprint density at radius 1 is 1.28 bits per heavy atom. The molecule has 1 aromatic rings. The van der Waals surface area contributed by atoms with E-state index in [1.54, 1.807) is 26.9 Å². The lowest BCUT2D eigenvalue weighted by molar-refractivity contribution is -0.190. The molecule has 4 amide bonds. The Hall–Kier alpha value is -3.09. The molecule has 2 atom stereocenters. The molecule has 0 saturated carbocycles. The Morgan fingerprint density at radius 3 is 2.66 bits per heavy atom. The van der Waals surface area contributed by atoms with Gasteiger partial charge in [-0.2, -0.15) is 0 Å². The van der Waals surface area contributed by atoms with Gasteiger partial charge in [0, 0.05) is 20.1 Å². The average Bonchev–Trinajstić information content (AvgIpc) is 2.76. The molecular formula is C23H31N5O4. The summed E-state index contributed by atoms with van der Waals surface area (Å²) in [5.41, 5.74) is 0.972. The first-order valence-electron chi connectivity index (χ1n) is 10.8. The number of nitrogens with zero attached hydrogens (tertiary/aromatic N) is 4. The minimum atomic E-state index is -0.646. The van der Waals surface area contributed by atoms with Gasteiger partial charge in [0.15, 0.2) is 0 Å². The number of ether oxygens (including phenoxy) is 1. The van der Waals surface area contributed by atoms with Crippen LogP contribution >= 0.6 is 0 Å². The van der Waals surface area contributed by atoms with Gasteiger partial charge in [0.05, 0.1) is 19.7 Å². The standard InChI is InChI=1S/C23H31N5O4/c1-5-12-32-13-11-26-15-19-27(21(17(2)3)22(26)30)20(29)16-25(4)28(19)23(31)24-14-18-9-7-6-8-10-18/h1,6-10,17,19,21H,11-16H2,2-4H3,(H,24,31)/t19-,21-/m0/s1. The third-order valence-corrected chi connectivity index (χ3v) is 5.69. The summed E-state index contributed by atoms with van der Waals surface area (Å²) in [6.07, 6.45) is 4.62. The lowest BCUT2D eigenvalue weighted by Crippen LogP contribution is -2.76. The van der Waals surface area contributed by atoms with Crippen molar-refractivity contribution in [2.75, 3.05) is 39.9 Å². The molecule has 2 fully saturated rings. The van der Waals surface area contributed by atoms with Crippen LogP contribution in [0.15, 0.2) is 30.3 Å². The molecule has 9 heteroatoms. The second-order valence-electron chi connectivity index (χ2n) is 8.32. The Balaban J connectivity index is 1.81. The number of fused-ring (bicyclic) bond motifs is 1. The average molecular weight is 442 g/mol. The van der Waals surface area contributed by atoms with Crippen molar-refractivity contribution < 1.29 is 19.1 Å². The number of rotatable bonds is 7. The van der Waals surface area contributed by atoms with Gasteiger partial charge in [-0.05, 0) is 11.5 Å². The lowest BCUT2D eigenvalue weighted by Gasteiger charge is -2.55. The minimum absolute atomic E-state index is 0.0248. The maximum atomic E-state index is 13.2. The number of amides is 4. The van der Waals surface area contributed by atoms with Gasteiger partial charge in [0.25, 0.3) is 0 Å². The summed E-state index contributed by atoms with van der Waals surface area (Å²) in [4.78, 5) is 42.6. The highest BCUT2D eigenvalue weighted by molar-refractivity contribution is 5.91. The first-order chi connectivity index (χ1) is 15.3. The van der Waals surface area contributed by atoms with Crippen LogP contribution in [0.4, 0.5) is 4.79 Å². The number of nitrogens with one attached hydrogen (secondary N) is 1. The topological polar surface area (TPSA) is 85.4 Å². The van der Waals surface area contributed by atoms with Gasteiger partial charge < -0.3 is 19.9 Å². The predicted octanol–water partition coefficient (Wildman–Crippen LogP) is 0.730. The number of hydrazine groups is 1. The normalized spacial score (nSPS) is 21.5. The molecule has 1 aromatic carbocycles. The van der Waals surface area contributed by atoms with Crippen LogP contribution in [-0.2, 0) is 20.9 Å². The molecule has 0 aromatic heterocycles. The first kappa shape index (κ1) is 23.6. The zero-order chi connectivity index (χ0) is 23.3. The van der Waals surface area contributed by atoms with Crippen molar-refractivity contribution in [1.29, 1.82) is 0 Å². The smallest absolute Gasteiger partial charge is 0.334 e. The molecule has 2 saturated heterocycles. The number of piperazine rings is 1. The molecule has 0 aliphatic carbocycles. The van der Waals surface area contributed by atoms with E-state index in [9.17, 15) is 14.4 Å². The van der Waals surface area contributed by atoms with E-state index in [4.69, 9.17) is 11.2 Å². The summed E-state index contributed by atoms with van der Waals surface area (Å²) < 4.78 is 5.36. The fraction of sp³-hybridized carbons (Fsp3) is 0.522. The predicted molar refractivity (Wildman–Crippen MR) is 119 cm³/mol.